The Hall–Kier alpha value is -2.08. The molecule has 0 atom stereocenters. The highest BCUT2D eigenvalue weighted by molar-refractivity contribution is 6.01. The zero-order chi connectivity index (χ0) is 16.7. The Bertz CT molecular complexity index is 547. The molecule has 6 heteroatoms. The van der Waals surface area contributed by atoms with Crippen molar-refractivity contribution in [3.63, 3.8) is 0 Å². The quantitative estimate of drug-likeness (QED) is 0.646. The minimum absolute atomic E-state index is 0.230. The Morgan fingerprint density at radius 1 is 1.22 bits per heavy atom. The predicted octanol–water partition coefficient (Wildman–Crippen LogP) is 3.10. The fraction of sp³-hybridized carbons (Fsp3) is 0.529. The van der Waals surface area contributed by atoms with Crippen LogP contribution in [-0.2, 0) is 9.57 Å². The summed E-state index contributed by atoms with van der Waals surface area (Å²) in [6.07, 6.45) is 1.57. The highest BCUT2D eigenvalue weighted by Gasteiger charge is 2.15. The first kappa shape index (κ1) is 17.3. The van der Waals surface area contributed by atoms with E-state index in [0.29, 0.717) is 6.61 Å². The maximum absolute atomic E-state index is 11.3. The van der Waals surface area contributed by atoms with Crippen LogP contribution in [0.3, 0.4) is 0 Å². The molecule has 0 bridgehead atoms. The van der Waals surface area contributed by atoms with Crippen molar-refractivity contribution in [2.75, 3.05) is 19.8 Å². The molecule has 0 radical (unpaired) electrons. The zero-order valence-corrected chi connectivity index (χ0v) is 13.9. The van der Waals surface area contributed by atoms with E-state index in [4.69, 9.17) is 14.3 Å². The van der Waals surface area contributed by atoms with E-state index in [1.54, 1.807) is 20.8 Å². The van der Waals surface area contributed by atoms with Crippen molar-refractivity contribution < 1.29 is 19.1 Å². The molecule has 0 aliphatic carbocycles. The summed E-state index contributed by atoms with van der Waals surface area (Å²) in [7, 11) is 0. The zero-order valence-electron chi connectivity index (χ0n) is 13.9. The standard InChI is InChI=1S/C17H24N2O4/c1-17(2,3)23-16(20)19-22-12-11-21-14-8-6-13(7-9-14)15-5-4-10-18-15/h6-9H,4-5,10-12H2,1-3H3,(H,19,20). The largest absolute Gasteiger partial charge is 0.491 e. The van der Waals surface area contributed by atoms with Crippen LogP contribution < -0.4 is 10.2 Å². The van der Waals surface area contributed by atoms with E-state index in [-0.39, 0.29) is 6.61 Å². The number of ether oxygens (including phenoxy) is 2. The fourth-order valence-corrected chi connectivity index (χ4v) is 2.13. The van der Waals surface area contributed by atoms with Crippen molar-refractivity contribution in [3.05, 3.63) is 29.8 Å². The summed E-state index contributed by atoms with van der Waals surface area (Å²) in [4.78, 5) is 20.8. The van der Waals surface area contributed by atoms with Crippen LogP contribution in [0, 0.1) is 0 Å². The van der Waals surface area contributed by atoms with Gasteiger partial charge in [-0.25, -0.2) is 4.79 Å². The van der Waals surface area contributed by atoms with Gasteiger partial charge in [0.25, 0.3) is 0 Å². The van der Waals surface area contributed by atoms with E-state index in [1.807, 2.05) is 24.3 Å². The normalized spacial score (nSPS) is 14.3. The molecule has 0 fully saturated rings. The van der Waals surface area contributed by atoms with Gasteiger partial charge >= 0.3 is 6.09 Å². The second-order valence-electron chi connectivity index (χ2n) is 6.26. The third kappa shape index (κ3) is 6.28. The lowest BCUT2D eigenvalue weighted by molar-refractivity contribution is -0.0144. The number of nitrogens with one attached hydrogen (secondary N) is 1. The van der Waals surface area contributed by atoms with E-state index >= 15 is 0 Å². The fourth-order valence-electron chi connectivity index (χ4n) is 2.13. The highest BCUT2D eigenvalue weighted by Crippen LogP contribution is 2.17. The molecule has 1 aliphatic rings. The third-order valence-corrected chi connectivity index (χ3v) is 3.07. The monoisotopic (exact) mass is 320 g/mol. The summed E-state index contributed by atoms with van der Waals surface area (Å²) in [5, 5.41) is 0. The maximum atomic E-state index is 11.3. The Labute approximate surface area is 136 Å². The summed E-state index contributed by atoms with van der Waals surface area (Å²) in [6.45, 7) is 6.85. The van der Waals surface area contributed by atoms with Crippen LogP contribution in [0.25, 0.3) is 0 Å². The molecule has 6 nitrogen and oxygen atoms in total. The van der Waals surface area contributed by atoms with Crippen molar-refractivity contribution in [1.29, 1.82) is 0 Å². The number of aliphatic imine (C=N–C) groups is 1. The van der Waals surface area contributed by atoms with Gasteiger partial charge in [-0.1, -0.05) is 0 Å². The number of hydroxylamine groups is 1. The molecule has 0 saturated heterocycles. The Morgan fingerprint density at radius 3 is 2.57 bits per heavy atom. The average molecular weight is 320 g/mol. The van der Waals surface area contributed by atoms with Crippen molar-refractivity contribution in [2.45, 2.75) is 39.2 Å². The van der Waals surface area contributed by atoms with Crippen LogP contribution >= 0.6 is 0 Å². The Kier molecular flexibility index (Phi) is 5.98. The van der Waals surface area contributed by atoms with Crippen molar-refractivity contribution in [3.8, 4) is 5.75 Å². The molecule has 1 aliphatic heterocycles. The first-order valence-corrected chi connectivity index (χ1v) is 7.81. The minimum atomic E-state index is -0.612. The second kappa shape index (κ2) is 7.97. The molecular weight excluding hydrogens is 296 g/mol. The van der Waals surface area contributed by atoms with Crippen LogP contribution in [0.15, 0.2) is 29.3 Å². The lowest BCUT2D eigenvalue weighted by Gasteiger charge is -2.19. The highest BCUT2D eigenvalue weighted by atomic mass is 16.7. The van der Waals surface area contributed by atoms with Crippen LogP contribution in [0.2, 0.25) is 0 Å². The number of nitrogens with zero attached hydrogens (tertiary/aromatic N) is 1. The Balaban J connectivity index is 1.64. The van der Waals surface area contributed by atoms with Gasteiger partial charge in [0.2, 0.25) is 0 Å². The second-order valence-corrected chi connectivity index (χ2v) is 6.26. The first-order chi connectivity index (χ1) is 10.9. The first-order valence-electron chi connectivity index (χ1n) is 7.81. The molecule has 0 unspecified atom stereocenters. The molecule has 23 heavy (non-hydrogen) atoms. The smallest absolute Gasteiger partial charge is 0.431 e. The average Bonchev–Trinajstić information content (AvgIpc) is 3.00. The number of benzene rings is 1. The molecule has 126 valence electrons. The SMILES string of the molecule is CC(C)(C)OC(=O)NOCCOc1ccc(C2=NCCC2)cc1. The Morgan fingerprint density at radius 2 is 1.96 bits per heavy atom. The van der Waals surface area contributed by atoms with Gasteiger partial charge in [0.15, 0.2) is 0 Å². The third-order valence-electron chi connectivity index (χ3n) is 3.07. The topological polar surface area (TPSA) is 69.2 Å². The number of carbonyl (C=O) groups excluding carboxylic acids is 1. The number of hydrogen-bond acceptors (Lipinski definition) is 5. The van der Waals surface area contributed by atoms with Gasteiger partial charge in [-0.15, -0.1) is 0 Å². The molecule has 2 rings (SSSR count). The molecule has 0 spiro atoms. The molecule has 1 aromatic rings. The maximum Gasteiger partial charge on any atom is 0.431 e. The van der Waals surface area contributed by atoms with E-state index in [9.17, 15) is 4.79 Å². The molecule has 0 saturated carbocycles. The molecule has 0 aromatic heterocycles. The van der Waals surface area contributed by atoms with Gasteiger partial charge < -0.3 is 9.47 Å². The number of hydrogen-bond donors (Lipinski definition) is 1. The molecule has 1 aromatic carbocycles. The number of carbonyl (C=O) groups is 1. The van der Waals surface area contributed by atoms with Crippen LogP contribution in [0.5, 0.6) is 5.75 Å². The van der Waals surface area contributed by atoms with Crippen molar-refractivity contribution >= 4 is 11.8 Å². The minimum Gasteiger partial charge on any atom is -0.491 e. The van der Waals surface area contributed by atoms with Crippen molar-refractivity contribution in [1.82, 2.24) is 5.48 Å². The van der Waals surface area contributed by atoms with E-state index in [0.717, 1.165) is 30.7 Å². The van der Waals surface area contributed by atoms with Crippen LogP contribution in [0.1, 0.15) is 39.2 Å². The summed E-state index contributed by atoms with van der Waals surface area (Å²) in [6, 6.07) is 7.85. The summed E-state index contributed by atoms with van der Waals surface area (Å²) >= 11 is 0. The number of rotatable bonds is 6. The molecular formula is C17H24N2O4. The van der Waals surface area contributed by atoms with E-state index in [1.165, 1.54) is 5.71 Å². The molecule has 1 amide bonds. The molecule has 1 N–H and O–H groups in total. The number of amides is 1. The van der Waals surface area contributed by atoms with Gasteiger partial charge in [-0.3, -0.25) is 9.83 Å². The van der Waals surface area contributed by atoms with E-state index in [2.05, 4.69) is 10.5 Å². The summed E-state index contributed by atoms with van der Waals surface area (Å²) < 4.78 is 10.6. The molecule has 1 heterocycles. The van der Waals surface area contributed by atoms with Gasteiger partial charge in [0, 0.05) is 12.3 Å². The summed E-state index contributed by atoms with van der Waals surface area (Å²) in [5.74, 6) is 0.758. The van der Waals surface area contributed by atoms with Crippen molar-refractivity contribution in [2.24, 2.45) is 4.99 Å². The van der Waals surface area contributed by atoms with Gasteiger partial charge in [0.1, 0.15) is 24.6 Å². The van der Waals surface area contributed by atoms with Gasteiger partial charge in [0.05, 0.1) is 0 Å². The van der Waals surface area contributed by atoms with E-state index < -0.39 is 11.7 Å². The van der Waals surface area contributed by atoms with Gasteiger partial charge in [-0.05, 0) is 63.4 Å². The van der Waals surface area contributed by atoms with Crippen LogP contribution in [0.4, 0.5) is 4.79 Å². The summed E-state index contributed by atoms with van der Waals surface area (Å²) in [5.41, 5.74) is 3.99. The van der Waals surface area contributed by atoms with Gasteiger partial charge in [-0.2, -0.15) is 5.48 Å². The van der Waals surface area contributed by atoms with Crippen LogP contribution in [-0.4, -0.2) is 37.2 Å². The lowest BCUT2D eigenvalue weighted by Crippen LogP contribution is -2.33. The lowest BCUT2D eigenvalue weighted by atomic mass is 10.1. The predicted molar refractivity (Wildman–Crippen MR) is 87.9 cm³/mol.